The molecule has 192 valence electrons. The summed E-state index contributed by atoms with van der Waals surface area (Å²) < 4.78 is 1.60. The first-order valence-corrected chi connectivity index (χ1v) is 12.3. The third-order valence-electron chi connectivity index (χ3n) is 6.30. The fraction of sp³-hybridized carbons (Fsp3) is 0.143. The van der Waals surface area contributed by atoms with E-state index in [1.807, 2.05) is 72.8 Å². The van der Waals surface area contributed by atoms with Gasteiger partial charge in [0.1, 0.15) is 11.5 Å². The standard InChI is InChI=1S/C28H26ClN7O2/c1-34(16-19-15-20-21(29)11-7-13-23(20)30-19)28(38)36(3)26-24(17-37)35(2)27(33-26)32-25-14-8-12-22(31-25)18-9-5-4-6-10-18/h4-15,17,30H,16H2,1-3H3,(H,31,32,33). The van der Waals surface area contributed by atoms with Crippen LogP contribution >= 0.6 is 11.6 Å². The Hall–Kier alpha value is -4.63. The van der Waals surface area contributed by atoms with Crippen molar-refractivity contribution in [2.24, 2.45) is 7.05 Å². The molecule has 9 nitrogen and oxygen atoms in total. The fourth-order valence-electron chi connectivity index (χ4n) is 4.31. The van der Waals surface area contributed by atoms with Crippen LogP contribution in [0.5, 0.6) is 0 Å². The highest BCUT2D eigenvalue weighted by atomic mass is 35.5. The zero-order valence-corrected chi connectivity index (χ0v) is 21.9. The van der Waals surface area contributed by atoms with Gasteiger partial charge in [0.05, 0.1) is 12.2 Å². The first kappa shape index (κ1) is 25.0. The van der Waals surface area contributed by atoms with Gasteiger partial charge in [0, 0.05) is 48.3 Å². The van der Waals surface area contributed by atoms with Gasteiger partial charge in [0.15, 0.2) is 12.1 Å². The topological polar surface area (TPSA) is 99.2 Å². The van der Waals surface area contributed by atoms with Crippen LogP contribution in [0.3, 0.4) is 0 Å². The number of hydrogen-bond donors (Lipinski definition) is 2. The summed E-state index contributed by atoms with van der Waals surface area (Å²) in [5, 5.41) is 4.71. The molecule has 2 amide bonds. The van der Waals surface area contributed by atoms with Crippen molar-refractivity contribution in [3.05, 3.63) is 89.2 Å². The van der Waals surface area contributed by atoms with Gasteiger partial charge in [-0.15, -0.1) is 0 Å². The van der Waals surface area contributed by atoms with E-state index in [1.165, 1.54) is 4.90 Å². The number of H-pyrrole nitrogens is 1. The summed E-state index contributed by atoms with van der Waals surface area (Å²) in [5.41, 5.74) is 3.77. The lowest BCUT2D eigenvalue weighted by Crippen LogP contribution is -2.39. The number of rotatable bonds is 7. The quantitative estimate of drug-likeness (QED) is 0.258. The van der Waals surface area contributed by atoms with Gasteiger partial charge >= 0.3 is 6.03 Å². The van der Waals surface area contributed by atoms with Crippen molar-refractivity contribution in [2.75, 3.05) is 24.3 Å². The van der Waals surface area contributed by atoms with Gasteiger partial charge in [-0.25, -0.2) is 9.78 Å². The number of fused-ring (bicyclic) bond motifs is 1. The molecule has 0 aliphatic rings. The highest BCUT2D eigenvalue weighted by Gasteiger charge is 2.25. The summed E-state index contributed by atoms with van der Waals surface area (Å²) in [6.07, 6.45) is 0.685. The maximum absolute atomic E-state index is 13.3. The Kier molecular flexibility index (Phi) is 6.85. The number of pyridine rings is 1. The SMILES string of the molecule is CN(Cc1cc2c(Cl)cccc2[nH]1)C(=O)N(C)c1nc(Nc2cccc(-c3ccccc3)n2)n(C)c1C=O. The molecule has 0 atom stereocenters. The minimum atomic E-state index is -0.327. The molecular formula is C28H26ClN7O2. The number of amides is 2. The normalized spacial score (nSPS) is 10.9. The van der Waals surface area contributed by atoms with Gasteiger partial charge in [0.2, 0.25) is 5.95 Å². The van der Waals surface area contributed by atoms with Crippen LogP contribution in [0, 0.1) is 0 Å². The van der Waals surface area contributed by atoms with Crippen LogP contribution in [0.25, 0.3) is 22.2 Å². The number of carbonyl (C=O) groups excluding carboxylic acids is 2. The van der Waals surface area contributed by atoms with Gasteiger partial charge < -0.3 is 19.8 Å². The van der Waals surface area contributed by atoms with Crippen molar-refractivity contribution >= 4 is 52.4 Å². The maximum Gasteiger partial charge on any atom is 0.325 e. The van der Waals surface area contributed by atoms with Crippen LogP contribution in [0.4, 0.5) is 22.4 Å². The number of aromatic nitrogens is 4. The van der Waals surface area contributed by atoms with E-state index in [-0.39, 0.29) is 17.5 Å². The number of benzene rings is 2. The molecule has 3 heterocycles. The largest absolute Gasteiger partial charge is 0.357 e. The molecule has 5 aromatic rings. The lowest BCUT2D eigenvalue weighted by Gasteiger charge is -2.23. The third kappa shape index (κ3) is 4.83. The predicted octanol–water partition coefficient (Wildman–Crippen LogP) is 5.86. The number of urea groups is 1. The molecule has 0 aliphatic carbocycles. The summed E-state index contributed by atoms with van der Waals surface area (Å²) in [6, 6.07) is 22.7. The number of aromatic amines is 1. The van der Waals surface area contributed by atoms with E-state index in [9.17, 15) is 9.59 Å². The van der Waals surface area contributed by atoms with Crippen LogP contribution in [0.15, 0.2) is 72.8 Å². The fourth-order valence-corrected chi connectivity index (χ4v) is 4.54. The van der Waals surface area contributed by atoms with Gasteiger partial charge in [-0.3, -0.25) is 9.69 Å². The van der Waals surface area contributed by atoms with Crippen molar-refractivity contribution in [1.82, 2.24) is 24.4 Å². The van der Waals surface area contributed by atoms with Crippen LogP contribution in [0.1, 0.15) is 16.2 Å². The summed E-state index contributed by atoms with van der Waals surface area (Å²) in [5.74, 6) is 1.18. The summed E-state index contributed by atoms with van der Waals surface area (Å²) >= 11 is 6.29. The number of halogens is 1. The molecule has 0 bridgehead atoms. The molecule has 0 saturated carbocycles. The highest BCUT2D eigenvalue weighted by Crippen LogP contribution is 2.27. The monoisotopic (exact) mass is 527 g/mol. The van der Waals surface area contributed by atoms with E-state index in [4.69, 9.17) is 11.6 Å². The average molecular weight is 528 g/mol. The zero-order valence-electron chi connectivity index (χ0n) is 21.1. The Morgan fingerprint density at radius 2 is 1.82 bits per heavy atom. The van der Waals surface area contributed by atoms with Crippen LogP contribution in [0.2, 0.25) is 5.02 Å². The lowest BCUT2D eigenvalue weighted by atomic mass is 10.1. The van der Waals surface area contributed by atoms with Crippen LogP contribution in [-0.4, -0.2) is 50.8 Å². The van der Waals surface area contributed by atoms with E-state index < -0.39 is 0 Å². The second-order valence-electron chi connectivity index (χ2n) is 8.91. The Labute approximate surface area is 224 Å². The average Bonchev–Trinajstić information content (AvgIpc) is 3.49. The molecule has 0 aliphatic heterocycles. The lowest BCUT2D eigenvalue weighted by molar-refractivity contribution is 0.111. The second-order valence-corrected chi connectivity index (χ2v) is 9.32. The van der Waals surface area contributed by atoms with E-state index in [2.05, 4.69) is 20.3 Å². The molecular weight excluding hydrogens is 502 g/mol. The molecule has 5 rings (SSSR count). The number of nitrogens with one attached hydrogen (secondary N) is 2. The zero-order chi connectivity index (χ0) is 26.8. The minimum absolute atomic E-state index is 0.237. The Balaban J connectivity index is 1.36. The molecule has 0 saturated heterocycles. The summed E-state index contributed by atoms with van der Waals surface area (Å²) in [7, 11) is 4.99. The van der Waals surface area contributed by atoms with Crippen molar-refractivity contribution in [3.8, 4) is 11.3 Å². The molecule has 10 heteroatoms. The highest BCUT2D eigenvalue weighted by molar-refractivity contribution is 6.35. The van der Waals surface area contributed by atoms with Crippen LogP contribution in [-0.2, 0) is 13.6 Å². The van der Waals surface area contributed by atoms with Crippen molar-refractivity contribution < 1.29 is 9.59 Å². The molecule has 38 heavy (non-hydrogen) atoms. The molecule has 0 radical (unpaired) electrons. The number of nitrogens with zero attached hydrogens (tertiary/aromatic N) is 5. The van der Waals surface area contributed by atoms with E-state index in [1.54, 1.807) is 30.6 Å². The molecule has 3 aromatic heterocycles. The molecule has 2 aromatic carbocycles. The smallest absolute Gasteiger partial charge is 0.325 e. The molecule has 2 N–H and O–H groups in total. The maximum atomic E-state index is 13.3. The second kappa shape index (κ2) is 10.4. The van der Waals surface area contributed by atoms with Crippen molar-refractivity contribution in [3.63, 3.8) is 0 Å². The van der Waals surface area contributed by atoms with Crippen molar-refractivity contribution in [1.29, 1.82) is 0 Å². The molecule has 0 unspecified atom stereocenters. The number of hydrogen-bond acceptors (Lipinski definition) is 5. The van der Waals surface area contributed by atoms with E-state index >= 15 is 0 Å². The third-order valence-corrected chi connectivity index (χ3v) is 6.63. The first-order valence-electron chi connectivity index (χ1n) is 11.9. The number of aldehydes is 1. The van der Waals surface area contributed by atoms with Gasteiger partial charge in [-0.2, -0.15) is 4.98 Å². The Morgan fingerprint density at radius 1 is 1.05 bits per heavy atom. The van der Waals surface area contributed by atoms with Gasteiger partial charge in [-0.1, -0.05) is 54.1 Å². The number of anilines is 3. The van der Waals surface area contributed by atoms with Gasteiger partial charge in [0.25, 0.3) is 0 Å². The summed E-state index contributed by atoms with van der Waals surface area (Å²) in [6.45, 7) is 0.318. The number of imidazole rings is 1. The van der Waals surface area contributed by atoms with Gasteiger partial charge in [-0.05, 0) is 30.3 Å². The predicted molar refractivity (Wildman–Crippen MR) is 150 cm³/mol. The van der Waals surface area contributed by atoms with E-state index in [0.717, 1.165) is 27.9 Å². The van der Waals surface area contributed by atoms with Crippen molar-refractivity contribution in [2.45, 2.75) is 6.54 Å². The molecule has 0 fully saturated rings. The Morgan fingerprint density at radius 3 is 2.55 bits per heavy atom. The molecule has 0 spiro atoms. The summed E-state index contributed by atoms with van der Waals surface area (Å²) in [4.78, 5) is 40.7. The number of carbonyl (C=O) groups is 2. The Bertz CT molecular complexity index is 1630. The first-order chi connectivity index (χ1) is 18.4. The van der Waals surface area contributed by atoms with Crippen LogP contribution < -0.4 is 10.2 Å². The minimum Gasteiger partial charge on any atom is -0.357 e. The van der Waals surface area contributed by atoms with E-state index in [0.29, 0.717) is 29.6 Å².